The fraction of sp³-hybridized carbons (Fsp3) is 0.786. The molecule has 1 aliphatic rings. The van der Waals surface area contributed by atoms with Crippen LogP contribution >= 0.6 is 23.1 Å². The Morgan fingerprint density at radius 1 is 1.39 bits per heavy atom. The maximum Gasteiger partial charge on any atom is 0.103 e. The van der Waals surface area contributed by atoms with Crippen LogP contribution in [0.1, 0.15) is 61.0 Å². The lowest BCUT2D eigenvalue weighted by Gasteiger charge is -2.12. The van der Waals surface area contributed by atoms with E-state index in [9.17, 15) is 0 Å². The second-order valence-corrected chi connectivity index (χ2v) is 7.40. The highest BCUT2D eigenvalue weighted by Gasteiger charge is 2.17. The molecule has 18 heavy (non-hydrogen) atoms. The van der Waals surface area contributed by atoms with E-state index in [0.717, 1.165) is 18.3 Å². The van der Waals surface area contributed by atoms with E-state index in [0.29, 0.717) is 5.92 Å². The van der Waals surface area contributed by atoms with Crippen molar-refractivity contribution >= 4 is 23.1 Å². The van der Waals surface area contributed by atoms with E-state index in [2.05, 4.69) is 25.4 Å². The van der Waals surface area contributed by atoms with Gasteiger partial charge >= 0.3 is 0 Å². The van der Waals surface area contributed by atoms with Crippen molar-refractivity contribution in [3.8, 4) is 0 Å². The average molecular weight is 284 g/mol. The smallest absolute Gasteiger partial charge is 0.103 e. The van der Waals surface area contributed by atoms with Crippen LogP contribution in [0.4, 0.5) is 0 Å². The van der Waals surface area contributed by atoms with Crippen LogP contribution in [0.2, 0.25) is 0 Å². The Balaban J connectivity index is 1.99. The number of hydrogen-bond donors (Lipinski definition) is 1. The Morgan fingerprint density at radius 3 is 2.72 bits per heavy atom. The predicted molar refractivity (Wildman–Crippen MR) is 82.5 cm³/mol. The van der Waals surface area contributed by atoms with Crippen LogP contribution in [0, 0.1) is 0 Å². The Morgan fingerprint density at radius 2 is 2.11 bits per heavy atom. The zero-order valence-electron chi connectivity index (χ0n) is 11.7. The molecule has 0 bridgehead atoms. The van der Waals surface area contributed by atoms with Crippen molar-refractivity contribution in [2.75, 3.05) is 6.26 Å². The summed E-state index contributed by atoms with van der Waals surface area (Å²) in [6, 6.07) is 0.746. The summed E-state index contributed by atoms with van der Waals surface area (Å²) >= 11 is 3.76. The molecule has 0 aromatic carbocycles. The zero-order valence-corrected chi connectivity index (χ0v) is 13.3. The van der Waals surface area contributed by atoms with E-state index in [1.54, 1.807) is 0 Å². The van der Waals surface area contributed by atoms with Crippen LogP contribution in [0.3, 0.4) is 0 Å². The van der Waals surface area contributed by atoms with Crippen molar-refractivity contribution < 1.29 is 0 Å². The number of nitrogens with one attached hydrogen (secondary N) is 1. The monoisotopic (exact) mass is 284 g/mol. The summed E-state index contributed by atoms with van der Waals surface area (Å²) in [7, 11) is 0. The Kier molecular flexibility index (Phi) is 5.52. The van der Waals surface area contributed by atoms with Gasteiger partial charge in [0, 0.05) is 23.2 Å². The molecule has 1 aromatic rings. The van der Waals surface area contributed by atoms with E-state index in [1.807, 2.05) is 23.1 Å². The van der Waals surface area contributed by atoms with E-state index < -0.39 is 0 Å². The van der Waals surface area contributed by atoms with Crippen LogP contribution < -0.4 is 5.32 Å². The minimum absolute atomic E-state index is 0.539. The number of thiazole rings is 1. The summed E-state index contributed by atoms with van der Waals surface area (Å²) in [6.45, 7) is 5.51. The Bertz CT molecular complexity index is 368. The lowest BCUT2D eigenvalue weighted by molar-refractivity contribution is 0.524. The molecule has 0 unspecified atom stereocenters. The highest BCUT2D eigenvalue weighted by Crippen LogP contribution is 2.28. The van der Waals surface area contributed by atoms with Gasteiger partial charge in [0.1, 0.15) is 5.01 Å². The molecule has 1 aromatic heterocycles. The molecule has 0 spiro atoms. The molecule has 2 nitrogen and oxygen atoms in total. The largest absolute Gasteiger partial charge is 0.309 e. The van der Waals surface area contributed by atoms with Gasteiger partial charge in [-0.1, -0.05) is 26.7 Å². The van der Waals surface area contributed by atoms with Gasteiger partial charge in [-0.3, -0.25) is 0 Å². The summed E-state index contributed by atoms with van der Waals surface area (Å²) in [4.78, 5) is 6.26. The zero-order chi connectivity index (χ0) is 13.0. The maximum absolute atomic E-state index is 4.80. The standard InChI is InChI=1S/C14H24N2S2/c1-10(2)14-12(18-13(16-14)9-17-3)8-15-11-6-4-5-7-11/h10-11,15H,4-9H2,1-3H3. The maximum atomic E-state index is 4.80. The summed E-state index contributed by atoms with van der Waals surface area (Å²) in [5, 5.41) is 5.00. The molecule has 0 radical (unpaired) electrons. The Labute approximate surface area is 119 Å². The molecule has 4 heteroatoms. The summed E-state index contributed by atoms with van der Waals surface area (Å²) in [6.07, 6.45) is 7.65. The lowest BCUT2D eigenvalue weighted by atomic mass is 10.1. The van der Waals surface area contributed by atoms with Crippen molar-refractivity contribution in [3.05, 3.63) is 15.6 Å². The van der Waals surface area contributed by atoms with Crippen molar-refractivity contribution in [3.63, 3.8) is 0 Å². The molecule has 1 fully saturated rings. The number of hydrogen-bond acceptors (Lipinski definition) is 4. The quantitative estimate of drug-likeness (QED) is 0.849. The molecular formula is C14H24N2S2. The lowest BCUT2D eigenvalue weighted by Crippen LogP contribution is -2.25. The molecule has 1 aliphatic carbocycles. The van der Waals surface area contributed by atoms with E-state index in [1.165, 1.54) is 41.3 Å². The van der Waals surface area contributed by atoms with Crippen LogP contribution in [0.15, 0.2) is 0 Å². The summed E-state index contributed by atoms with van der Waals surface area (Å²) in [5.74, 6) is 1.59. The van der Waals surface area contributed by atoms with Crippen molar-refractivity contribution in [1.82, 2.24) is 10.3 Å². The fourth-order valence-electron chi connectivity index (χ4n) is 2.54. The molecule has 0 atom stereocenters. The summed E-state index contributed by atoms with van der Waals surface area (Å²) < 4.78 is 0. The summed E-state index contributed by atoms with van der Waals surface area (Å²) in [5.41, 5.74) is 1.31. The van der Waals surface area contributed by atoms with Gasteiger partial charge in [0.2, 0.25) is 0 Å². The number of thioether (sulfide) groups is 1. The molecule has 0 amide bonds. The third kappa shape index (κ3) is 3.72. The van der Waals surface area contributed by atoms with Gasteiger partial charge in [0.25, 0.3) is 0 Å². The highest BCUT2D eigenvalue weighted by atomic mass is 32.2. The van der Waals surface area contributed by atoms with Gasteiger partial charge in [0.05, 0.1) is 5.69 Å². The predicted octanol–water partition coefficient (Wildman–Crippen LogP) is 4.16. The topological polar surface area (TPSA) is 24.9 Å². The molecule has 0 aliphatic heterocycles. The third-order valence-electron chi connectivity index (χ3n) is 3.49. The van der Waals surface area contributed by atoms with Crippen molar-refractivity contribution in [1.29, 1.82) is 0 Å². The van der Waals surface area contributed by atoms with E-state index >= 15 is 0 Å². The molecular weight excluding hydrogens is 260 g/mol. The van der Waals surface area contributed by atoms with Gasteiger partial charge in [-0.05, 0) is 25.0 Å². The Hall–Kier alpha value is -0.0600. The molecule has 1 saturated carbocycles. The third-order valence-corrected chi connectivity index (χ3v) is 5.31. The van der Waals surface area contributed by atoms with Crippen LogP contribution in [0.25, 0.3) is 0 Å². The second kappa shape index (κ2) is 6.92. The second-order valence-electron chi connectivity index (χ2n) is 5.37. The van der Waals surface area contributed by atoms with Gasteiger partial charge in [-0.2, -0.15) is 11.8 Å². The first-order valence-corrected chi connectivity index (χ1v) is 9.12. The minimum atomic E-state index is 0.539. The van der Waals surface area contributed by atoms with Gasteiger partial charge in [0.15, 0.2) is 0 Å². The van der Waals surface area contributed by atoms with Gasteiger partial charge in [-0.25, -0.2) is 4.98 Å². The number of nitrogens with zero attached hydrogens (tertiary/aromatic N) is 1. The number of aromatic nitrogens is 1. The van der Waals surface area contributed by atoms with Crippen LogP contribution in [0.5, 0.6) is 0 Å². The molecule has 102 valence electrons. The average Bonchev–Trinajstić information content (AvgIpc) is 2.95. The number of rotatable bonds is 6. The molecule has 2 rings (SSSR count). The van der Waals surface area contributed by atoms with Crippen LogP contribution in [-0.2, 0) is 12.3 Å². The van der Waals surface area contributed by atoms with Crippen molar-refractivity contribution in [2.45, 2.75) is 63.8 Å². The normalized spacial score (nSPS) is 16.9. The molecule has 1 heterocycles. The first-order chi connectivity index (χ1) is 8.70. The van der Waals surface area contributed by atoms with Gasteiger partial charge < -0.3 is 5.32 Å². The van der Waals surface area contributed by atoms with Crippen LogP contribution in [-0.4, -0.2) is 17.3 Å². The highest BCUT2D eigenvalue weighted by molar-refractivity contribution is 7.97. The SMILES string of the molecule is CSCc1nc(C(C)C)c(CNC2CCCC2)s1. The van der Waals surface area contributed by atoms with E-state index in [4.69, 9.17) is 4.98 Å². The fourth-order valence-corrected chi connectivity index (χ4v) is 4.41. The first-order valence-electron chi connectivity index (χ1n) is 6.91. The van der Waals surface area contributed by atoms with Gasteiger partial charge in [-0.15, -0.1) is 11.3 Å². The minimum Gasteiger partial charge on any atom is -0.309 e. The first kappa shape index (κ1) is 14.4. The molecule has 1 N–H and O–H groups in total. The molecule has 0 saturated heterocycles. The van der Waals surface area contributed by atoms with Crippen molar-refractivity contribution in [2.24, 2.45) is 0 Å². The van der Waals surface area contributed by atoms with E-state index in [-0.39, 0.29) is 0 Å².